The lowest BCUT2D eigenvalue weighted by atomic mass is 9.61. The molecule has 0 aromatic rings. The molecule has 18 heavy (non-hydrogen) atoms. The van der Waals surface area contributed by atoms with E-state index in [1.54, 1.807) is 14.2 Å². The highest BCUT2D eigenvalue weighted by molar-refractivity contribution is 5.04. The zero-order valence-electron chi connectivity index (χ0n) is 12.0. The van der Waals surface area contributed by atoms with Gasteiger partial charge in [-0.2, -0.15) is 0 Å². The molecule has 0 radical (unpaired) electrons. The lowest BCUT2D eigenvalue weighted by Crippen LogP contribution is -2.52. The van der Waals surface area contributed by atoms with Gasteiger partial charge in [0.1, 0.15) is 0 Å². The van der Waals surface area contributed by atoms with Crippen LogP contribution in [0.5, 0.6) is 0 Å². The van der Waals surface area contributed by atoms with E-state index in [0.29, 0.717) is 17.9 Å². The highest BCUT2D eigenvalue weighted by Crippen LogP contribution is 2.54. The van der Waals surface area contributed by atoms with Gasteiger partial charge in [0.05, 0.1) is 6.10 Å². The van der Waals surface area contributed by atoms with E-state index in [1.807, 2.05) is 7.05 Å². The quantitative estimate of drug-likeness (QED) is 0.747. The molecule has 0 heterocycles. The number of ether oxygens (including phenoxy) is 2. The van der Waals surface area contributed by atoms with Crippen molar-refractivity contribution in [3.8, 4) is 0 Å². The first-order chi connectivity index (χ1) is 8.58. The summed E-state index contributed by atoms with van der Waals surface area (Å²) < 4.78 is 11.1. The third kappa shape index (κ3) is 2.09. The molecule has 0 amide bonds. The molecule has 2 aliphatic carbocycles. The van der Waals surface area contributed by atoms with E-state index in [2.05, 4.69) is 12.2 Å². The van der Waals surface area contributed by atoms with Crippen molar-refractivity contribution in [3.63, 3.8) is 0 Å². The van der Waals surface area contributed by atoms with Crippen LogP contribution in [-0.2, 0) is 9.47 Å². The second-order valence-electron chi connectivity index (χ2n) is 6.07. The van der Waals surface area contributed by atoms with Crippen LogP contribution in [0, 0.1) is 17.3 Å². The van der Waals surface area contributed by atoms with Gasteiger partial charge in [-0.15, -0.1) is 0 Å². The number of nitrogens with one attached hydrogen (secondary N) is 1. The van der Waals surface area contributed by atoms with Gasteiger partial charge in [0.25, 0.3) is 0 Å². The minimum Gasteiger partial charge on any atom is -0.393 e. The molecule has 0 aromatic heterocycles. The van der Waals surface area contributed by atoms with Crippen LogP contribution in [0.1, 0.15) is 32.6 Å². The van der Waals surface area contributed by atoms with Crippen molar-refractivity contribution in [3.05, 3.63) is 0 Å². The Bertz CT molecular complexity index is 282. The number of hydrogen-bond acceptors (Lipinski definition) is 4. The Kier molecular flexibility index (Phi) is 4.32. The van der Waals surface area contributed by atoms with Crippen LogP contribution in [0.4, 0.5) is 0 Å². The molecular weight excluding hydrogens is 230 g/mol. The maximum absolute atomic E-state index is 10.3. The normalized spacial score (nSPS) is 44.3. The molecule has 2 saturated carbocycles. The summed E-state index contributed by atoms with van der Waals surface area (Å²) in [7, 11) is 5.42. The Morgan fingerprint density at radius 2 is 1.89 bits per heavy atom. The van der Waals surface area contributed by atoms with Gasteiger partial charge in [0.2, 0.25) is 0 Å². The maximum Gasteiger partial charge on any atom is 0.162 e. The van der Waals surface area contributed by atoms with E-state index in [-0.39, 0.29) is 17.8 Å². The minimum absolute atomic E-state index is 0.0129. The number of aliphatic hydroxyl groups is 1. The first-order valence-electron chi connectivity index (χ1n) is 6.99. The van der Waals surface area contributed by atoms with Crippen LogP contribution in [0.15, 0.2) is 0 Å². The van der Waals surface area contributed by atoms with Gasteiger partial charge in [-0.1, -0.05) is 6.92 Å². The van der Waals surface area contributed by atoms with Crippen LogP contribution >= 0.6 is 0 Å². The minimum atomic E-state index is -0.183. The smallest absolute Gasteiger partial charge is 0.162 e. The predicted octanol–water partition coefficient (Wildman–Crippen LogP) is 1.38. The molecule has 2 aliphatic rings. The molecule has 2 rings (SSSR count). The van der Waals surface area contributed by atoms with E-state index in [4.69, 9.17) is 9.47 Å². The largest absolute Gasteiger partial charge is 0.393 e. The molecule has 4 heteroatoms. The molecule has 0 aliphatic heterocycles. The first-order valence-corrected chi connectivity index (χ1v) is 6.99. The van der Waals surface area contributed by atoms with E-state index >= 15 is 0 Å². The Balaban J connectivity index is 2.24. The molecular formula is C14H27NO3. The van der Waals surface area contributed by atoms with E-state index in [0.717, 1.165) is 25.7 Å². The Morgan fingerprint density at radius 1 is 1.22 bits per heavy atom. The molecule has 2 N–H and O–H groups in total. The summed E-state index contributed by atoms with van der Waals surface area (Å²) in [6.45, 7) is 2.26. The van der Waals surface area contributed by atoms with Crippen molar-refractivity contribution >= 4 is 0 Å². The SMILES string of the molecule is CN[C@@H]1CC[C@H]2[C@@H]1[C@@H](O)CC[C@@]2(C)C(OC)OC. The molecule has 0 unspecified atom stereocenters. The molecule has 106 valence electrons. The summed E-state index contributed by atoms with van der Waals surface area (Å²) in [5.74, 6) is 0.810. The van der Waals surface area contributed by atoms with Crippen LogP contribution in [0.2, 0.25) is 0 Å². The molecule has 0 saturated heterocycles. The van der Waals surface area contributed by atoms with Gasteiger partial charge in [-0.05, 0) is 38.6 Å². The average molecular weight is 257 g/mol. The Labute approximate surface area is 110 Å². The summed E-state index contributed by atoms with van der Waals surface area (Å²) in [6, 6.07) is 0.430. The number of rotatable bonds is 4. The lowest BCUT2D eigenvalue weighted by molar-refractivity contribution is -0.214. The summed E-state index contributed by atoms with van der Waals surface area (Å²) in [5.41, 5.74) is 0.0129. The number of hydrogen-bond donors (Lipinski definition) is 2. The number of methoxy groups -OCH3 is 2. The van der Waals surface area contributed by atoms with Gasteiger partial charge in [0, 0.05) is 31.6 Å². The molecule has 2 fully saturated rings. The van der Waals surface area contributed by atoms with Crippen molar-refractivity contribution in [2.24, 2.45) is 17.3 Å². The molecule has 0 aromatic carbocycles. The fraction of sp³-hybridized carbons (Fsp3) is 1.00. The van der Waals surface area contributed by atoms with Gasteiger partial charge < -0.3 is 19.9 Å². The van der Waals surface area contributed by atoms with E-state index < -0.39 is 0 Å². The molecule has 5 atom stereocenters. The van der Waals surface area contributed by atoms with Crippen LogP contribution in [0.25, 0.3) is 0 Å². The van der Waals surface area contributed by atoms with Gasteiger partial charge in [-0.3, -0.25) is 0 Å². The van der Waals surface area contributed by atoms with Gasteiger partial charge in [-0.25, -0.2) is 0 Å². The standard InChI is InChI=1S/C14H27NO3/c1-14(13(17-3)18-4)8-7-11(16)12-9(14)5-6-10(12)15-2/h9-13,15-16H,5-8H2,1-4H3/t9-,10+,11-,12-,14+/m0/s1. The monoisotopic (exact) mass is 257 g/mol. The summed E-state index contributed by atoms with van der Waals surface area (Å²) >= 11 is 0. The topological polar surface area (TPSA) is 50.7 Å². The highest BCUT2D eigenvalue weighted by Gasteiger charge is 2.55. The van der Waals surface area contributed by atoms with Crippen molar-refractivity contribution < 1.29 is 14.6 Å². The van der Waals surface area contributed by atoms with Crippen LogP contribution < -0.4 is 5.32 Å². The van der Waals surface area contributed by atoms with Crippen molar-refractivity contribution in [1.29, 1.82) is 0 Å². The fourth-order valence-electron chi connectivity index (χ4n) is 4.43. The third-order valence-electron chi connectivity index (χ3n) is 5.33. The van der Waals surface area contributed by atoms with Gasteiger partial charge in [0.15, 0.2) is 6.29 Å². The average Bonchev–Trinajstić information content (AvgIpc) is 2.81. The predicted molar refractivity (Wildman–Crippen MR) is 70.2 cm³/mol. The number of aliphatic hydroxyl groups excluding tert-OH is 1. The molecule has 0 spiro atoms. The first kappa shape index (κ1) is 14.3. The van der Waals surface area contributed by atoms with Crippen molar-refractivity contribution in [2.75, 3.05) is 21.3 Å². The van der Waals surface area contributed by atoms with E-state index in [1.165, 1.54) is 0 Å². The third-order valence-corrected chi connectivity index (χ3v) is 5.33. The Hall–Kier alpha value is -0.160. The second kappa shape index (κ2) is 5.45. The molecule has 0 bridgehead atoms. The zero-order valence-corrected chi connectivity index (χ0v) is 12.0. The summed E-state index contributed by atoms with van der Waals surface area (Å²) in [6.07, 6.45) is 3.74. The van der Waals surface area contributed by atoms with E-state index in [9.17, 15) is 5.11 Å². The molecule has 4 nitrogen and oxygen atoms in total. The Morgan fingerprint density at radius 3 is 2.44 bits per heavy atom. The highest BCUT2D eigenvalue weighted by atomic mass is 16.7. The zero-order chi connectivity index (χ0) is 13.3. The van der Waals surface area contributed by atoms with Crippen molar-refractivity contribution in [1.82, 2.24) is 5.32 Å². The fourth-order valence-corrected chi connectivity index (χ4v) is 4.43. The van der Waals surface area contributed by atoms with Crippen LogP contribution in [-0.4, -0.2) is 44.8 Å². The van der Waals surface area contributed by atoms with Crippen LogP contribution in [0.3, 0.4) is 0 Å². The maximum atomic E-state index is 10.3. The van der Waals surface area contributed by atoms with Gasteiger partial charge >= 0.3 is 0 Å². The second-order valence-corrected chi connectivity index (χ2v) is 6.07. The summed E-state index contributed by atoms with van der Waals surface area (Å²) in [5, 5.41) is 13.7. The number of fused-ring (bicyclic) bond motifs is 1. The lowest BCUT2D eigenvalue weighted by Gasteiger charge is -2.49. The summed E-state index contributed by atoms with van der Waals surface area (Å²) in [4.78, 5) is 0. The van der Waals surface area contributed by atoms with Crippen molar-refractivity contribution in [2.45, 2.75) is 51.0 Å².